The van der Waals surface area contributed by atoms with E-state index in [-0.39, 0.29) is 5.92 Å². The third-order valence-electron chi connectivity index (χ3n) is 5.64. The highest BCUT2D eigenvalue weighted by molar-refractivity contribution is 7.19. The minimum absolute atomic E-state index is 0.172. The first kappa shape index (κ1) is 23.0. The number of carboxylic acid groups (broad SMARTS) is 1. The number of aromatic nitrogens is 1. The summed E-state index contributed by atoms with van der Waals surface area (Å²) in [5.41, 5.74) is 3.41. The number of thiophene rings is 1. The third-order valence-corrected chi connectivity index (χ3v) is 6.87. The molecule has 0 radical (unpaired) electrons. The quantitative estimate of drug-likeness (QED) is 0.297. The fourth-order valence-electron chi connectivity index (χ4n) is 4.07. The van der Waals surface area contributed by atoms with Gasteiger partial charge in [-0.2, -0.15) is 13.2 Å². The number of benzene rings is 2. The molecule has 1 N–H and O–H groups in total. The zero-order valence-electron chi connectivity index (χ0n) is 18.3. The standard InChI is InChI=1S/C25H22F3NO3S/c1-13(2)24-17-6-5-16(25(26,27)28)12-22(17)33-21(24)8-7-19-18-10-14(3)15(4-9-23(30)31)11-20(18)32-29-19/h4-6,9-13H,7-8H2,1-3H3,(H,30,31). The van der Waals surface area contributed by atoms with E-state index in [0.29, 0.717) is 23.1 Å². The molecule has 0 atom stereocenters. The molecule has 0 bridgehead atoms. The Bertz CT molecular complexity index is 1380. The molecule has 0 saturated heterocycles. The molecule has 0 amide bonds. The molecule has 4 rings (SSSR count). The highest BCUT2D eigenvalue weighted by atomic mass is 32.1. The maximum Gasteiger partial charge on any atom is 0.416 e. The van der Waals surface area contributed by atoms with E-state index in [1.165, 1.54) is 23.5 Å². The van der Waals surface area contributed by atoms with Crippen molar-refractivity contribution in [3.63, 3.8) is 0 Å². The lowest BCUT2D eigenvalue weighted by molar-refractivity contribution is -0.137. The van der Waals surface area contributed by atoms with E-state index in [0.717, 1.165) is 50.2 Å². The van der Waals surface area contributed by atoms with E-state index in [1.54, 1.807) is 12.1 Å². The highest BCUT2D eigenvalue weighted by Crippen LogP contribution is 2.40. The van der Waals surface area contributed by atoms with Crippen LogP contribution in [-0.2, 0) is 23.8 Å². The predicted octanol–water partition coefficient (Wildman–Crippen LogP) is 7.38. The summed E-state index contributed by atoms with van der Waals surface area (Å²) >= 11 is 1.40. The molecular weight excluding hydrogens is 451 g/mol. The maximum absolute atomic E-state index is 13.2. The summed E-state index contributed by atoms with van der Waals surface area (Å²) in [5, 5.41) is 14.8. The number of aliphatic carboxylic acids is 1. The number of fused-ring (bicyclic) bond motifs is 2. The second-order valence-electron chi connectivity index (χ2n) is 8.31. The van der Waals surface area contributed by atoms with Crippen molar-refractivity contribution in [2.75, 3.05) is 0 Å². The number of nitrogens with zero attached hydrogens (tertiary/aromatic N) is 1. The molecule has 4 aromatic rings. The van der Waals surface area contributed by atoms with Crippen LogP contribution in [0.4, 0.5) is 13.2 Å². The number of halogens is 3. The van der Waals surface area contributed by atoms with Crippen molar-refractivity contribution in [1.82, 2.24) is 5.16 Å². The Balaban J connectivity index is 1.66. The molecule has 0 aliphatic rings. The second kappa shape index (κ2) is 8.67. The molecule has 0 aliphatic heterocycles. The van der Waals surface area contributed by atoms with Gasteiger partial charge in [-0.15, -0.1) is 11.3 Å². The number of aryl methyl sites for hydroxylation is 3. The van der Waals surface area contributed by atoms with Gasteiger partial charge in [-0.05, 0) is 78.1 Å². The lowest BCUT2D eigenvalue weighted by atomic mass is 9.96. The predicted molar refractivity (Wildman–Crippen MR) is 124 cm³/mol. The summed E-state index contributed by atoms with van der Waals surface area (Å²) in [6.45, 7) is 5.98. The van der Waals surface area contributed by atoms with Gasteiger partial charge in [0.25, 0.3) is 0 Å². The summed E-state index contributed by atoms with van der Waals surface area (Å²) in [6, 6.07) is 7.64. The van der Waals surface area contributed by atoms with Crippen molar-refractivity contribution in [3.8, 4) is 0 Å². The van der Waals surface area contributed by atoms with E-state index in [4.69, 9.17) is 9.63 Å². The summed E-state index contributed by atoms with van der Waals surface area (Å²) in [7, 11) is 0. The molecule has 4 nitrogen and oxygen atoms in total. The maximum atomic E-state index is 13.2. The lowest BCUT2D eigenvalue weighted by Gasteiger charge is -2.09. The number of carboxylic acids is 1. The smallest absolute Gasteiger partial charge is 0.416 e. The van der Waals surface area contributed by atoms with Gasteiger partial charge in [0.2, 0.25) is 0 Å². The molecule has 2 aromatic carbocycles. The van der Waals surface area contributed by atoms with Crippen molar-refractivity contribution in [2.24, 2.45) is 0 Å². The van der Waals surface area contributed by atoms with Crippen LogP contribution in [-0.4, -0.2) is 16.2 Å². The van der Waals surface area contributed by atoms with Crippen LogP contribution in [0.25, 0.3) is 27.1 Å². The number of rotatable bonds is 6. The zero-order valence-corrected chi connectivity index (χ0v) is 19.1. The van der Waals surface area contributed by atoms with Crippen LogP contribution in [0.5, 0.6) is 0 Å². The molecule has 33 heavy (non-hydrogen) atoms. The molecule has 8 heteroatoms. The Morgan fingerprint density at radius 1 is 1.18 bits per heavy atom. The Labute approximate surface area is 192 Å². The minimum atomic E-state index is -4.37. The van der Waals surface area contributed by atoms with E-state index in [2.05, 4.69) is 5.16 Å². The van der Waals surface area contributed by atoms with Crippen LogP contribution >= 0.6 is 11.3 Å². The van der Waals surface area contributed by atoms with Crippen LogP contribution in [0.1, 0.15) is 52.6 Å². The average Bonchev–Trinajstić information content (AvgIpc) is 3.29. The first-order valence-electron chi connectivity index (χ1n) is 10.5. The van der Waals surface area contributed by atoms with Crippen molar-refractivity contribution in [1.29, 1.82) is 0 Å². The fraction of sp³-hybridized carbons (Fsp3) is 0.280. The van der Waals surface area contributed by atoms with Crippen molar-refractivity contribution >= 4 is 44.4 Å². The third kappa shape index (κ3) is 4.66. The number of hydrogen-bond donors (Lipinski definition) is 1. The van der Waals surface area contributed by atoms with Crippen molar-refractivity contribution < 1.29 is 27.6 Å². The summed E-state index contributed by atoms with van der Waals surface area (Å²) in [6.07, 6.45) is -0.567. The molecule has 0 saturated carbocycles. The Hall–Kier alpha value is -3.13. The SMILES string of the molecule is Cc1cc2c(CCc3sc4cc(C(F)(F)F)ccc4c3C(C)C)noc2cc1C=CC(=O)O. The highest BCUT2D eigenvalue weighted by Gasteiger charge is 2.31. The first-order valence-corrected chi connectivity index (χ1v) is 11.3. The van der Waals surface area contributed by atoms with E-state index < -0.39 is 17.7 Å². The van der Waals surface area contributed by atoms with Gasteiger partial charge in [-0.25, -0.2) is 4.79 Å². The van der Waals surface area contributed by atoms with E-state index >= 15 is 0 Å². The Morgan fingerprint density at radius 3 is 2.61 bits per heavy atom. The zero-order chi connectivity index (χ0) is 23.9. The number of alkyl halides is 3. The van der Waals surface area contributed by atoms with Crippen LogP contribution in [0.15, 0.2) is 40.9 Å². The van der Waals surface area contributed by atoms with Crippen LogP contribution in [0, 0.1) is 6.92 Å². The van der Waals surface area contributed by atoms with Crippen molar-refractivity contribution in [3.05, 3.63) is 69.2 Å². The van der Waals surface area contributed by atoms with Gasteiger partial charge >= 0.3 is 12.1 Å². The molecule has 2 aromatic heterocycles. The van der Waals surface area contributed by atoms with Crippen LogP contribution in [0.2, 0.25) is 0 Å². The molecule has 0 unspecified atom stereocenters. The molecule has 2 heterocycles. The summed E-state index contributed by atoms with van der Waals surface area (Å²) in [5.74, 6) is -0.857. The second-order valence-corrected chi connectivity index (χ2v) is 9.44. The number of hydrogen-bond acceptors (Lipinski definition) is 4. The van der Waals surface area contributed by atoms with Gasteiger partial charge in [-0.1, -0.05) is 25.1 Å². The topological polar surface area (TPSA) is 63.3 Å². The van der Waals surface area contributed by atoms with Gasteiger partial charge in [0, 0.05) is 21.0 Å². The Kier molecular flexibility index (Phi) is 6.05. The van der Waals surface area contributed by atoms with Gasteiger partial charge < -0.3 is 9.63 Å². The lowest BCUT2D eigenvalue weighted by Crippen LogP contribution is -2.03. The molecule has 0 fully saturated rings. The fourth-order valence-corrected chi connectivity index (χ4v) is 5.47. The molecule has 0 aliphatic carbocycles. The summed E-state index contributed by atoms with van der Waals surface area (Å²) < 4.78 is 45.6. The average molecular weight is 474 g/mol. The van der Waals surface area contributed by atoms with Crippen LogP contribution < -0.4 is 0 Å². The van der Waals surface area contributed by atoms with Crippen molar-refractivity contribution in [2.45, 2.75) is 45.7 Å². The van der Waals surface area contributed by atoms with Gasteiger partial charge in [0.15, 0.2) is 5.58 Å². The molecule has 172 valence electrons. The van der Waals surface area contributed by atoms with E-state index in [9.17, 15) is 18.0 Å². The molecular formula is C25H22F3NO3S. The monoisotopic (exact) mass is 473 g/mol. The van der Waals surface area contributed by atoms with Gasteiger partial charge in [0.05, 0.1) is 11.3 Å². The first-order chi connectivity index (χ1) is 15.5. The van der Waals surface area contributed by atoms with Crippen LogP contribution in [0.3, 0.4) is 0 Å². The summed E-state index contributed by atoms with van der Waals surface area (Å²) in [4.78, 5) is 11.9. The van der Waals surface area contributed by atoms with E-state index in [1.807, 2.05) is 26.8 Å². The minimum Gasteiger partial charge on any atom is -0.478 e. The number of carbonyl (C=O) groups is 1. The van der Waals surface area contributed by atoms with Gasteiger partial charge in [-0.3, -0.25) is 0 Å². The van der Waals surface area contributed by atoms with Gasteiger partial charge in [0.1, 0.15) is 0 Å². The molecule has 0 spiro atoms. The largest absolute Gasteiger partial charge is 0.478 e. The normalized spacial score (nSPS) is 12.6. The Morgan fingerprint density at radius 2 is 1.94 bits per heavy atom.